The molecule has 0 bridgehead atoms. The van der Waals surface area contributed by atoms with E-state index in [1.807, 2.05) is 24.3 Å². The molecule has 2 aromatic carbocycles. The number of carbonyl (C=O) groups is 1. The van der Waals surface area contributed by atoms with E-state index >= 15 is 0 Å². The summed E-state index contributed by atoms with van der Waals surface area (Å²) in [5.41, 5.74) is 1.98. The smallest absolute Gasteiger partial charge is 0.307 e. The number of benzene rings is 2. The van der Waals surface area contributed by atoms with Gasteiger partial charge in [0.25, 0.3) is 0 Å². The van der Waals surface area contributed by atoms with Crippen molar-refractivity contribution in [2.45, 2.75) is 26.2 Å². The molecule has 0 amide bonds. The van der Waals surface area contributed by atoms with E-state index in [1.54, 1.807) is 7.11 Å². The molecule has 19 heavy (non-hydrogen) atoms. The minimum atomic E-state index is -0.797. The Balaban J connectivity index is 2.61. The molecular weight excluding hydrogens is 240 g/mol. The number of ether oxygens (including phenoxy) is 1. The minimum Gasteiger partial charge on any atom is -0.497 e. The van der Waals surface area contributed by atoms with Crippen LogP contribution in [0.2, 0.25) is 0 Å². The fraction of sp³-hybridized carbons (Fsp3) is 0.312. The first-order chi connectivity index (χ1) is 9.01. The van der Waals surface area contributed by atoms with Crippen LogP contribution in [-0.2, 0) is 11.2 Å². The molecule has 3 heteroatoms. The molecule has 1 N–H and O–H groups in total. The van der Waals surface area contributed by atoms with Crippen molar-refractivity contribution in [3.05, 3.63) is 41.5 Å². The summed E-state index contributed by atoms with van der Waals surface area (Å²) in [6.45, 7) is 4.15. The van der Waals surface area contributed by atoms with Crippen molar-refractivity contribution in [1.29, 1.82) is 0 Å². The molecule has 0 saturated carbocycles. The fourth-order valence-electron chi connectivity index (χ4n) is 2.32. The number of rotatable bonds is 4. The molecule has 0 aromatic heterocycles. The maximum atomic E-state index is 11.0. The van der Waals surface area contributed by atoms with Crippen LogP contribution in [0.4, 0.5) is 0 Å². The first kappa shape index (κ1) is 13.4. The molecule has 0 aliphatic rings. The number of hydrogen-bond donors (Lipinski definition) is 1. The second-order valence-electron chi connectivity index (χ2n) is 4.99. The number of carboxylic acid groups (broad SMARTS) is 1. The summed E-state index contributed by atoms with van der Waals surface area (Å²) in [6, 6.07) is 9.87. The zero-order valence-electron chi connectivity index (χ0n) is 11.4. The Morgan fingerprint density at radius 1 is 1.21 bits per heavy atom. The van der Waals surface area contributed by atoms with Crippen LogP contribution in [0.25, 0.3) is 10.8 Å². The molecule has 0 fully saturated rings. The standard InChI is InChI=1S/C16H18O3/c1-10(2)15-8-12-7-14(19-3)5-4-11(12)6-13(15)9-16(17)18/h4-8,10H,9H2,1-3H3,(H,17,18). The van der Waals surface area contributed by atoms with E-state index < -0.39 is 5.97 Å². The highest BCUT2D eigenvalue weighted by Crippen LogP contribution is 2.28. The highest BCUT2D eigenvalue weighted by Gasteiger charge is 2.12. The number of methoxy groups -OCH3 is 1. The summed E-state index contributed by atoms with van der Waals surface area (Å²) in [4.78, 5) is 11.0. The lowest BCUT2D eigenvalue weighted by Gasteiger charge is -2.14. The molecule has 2 aromatic rings. The first-order valence-electron chi connectivity index (χ1n) is 6.33. The van der Waals surface area contributed by atoms with Gasteiger partial charge >= 0.3 is 5.97 Å². The summed E-state index contributed by atoms with van der Waals surface area (Å²) in [5, 5.41) is 11.1. The van der Waals surface area contributed by atoms with Gasteiger partial charge in [0.05, 0.1) is 13.5 Å². The summed E-state index contributed by atoms with van der Waals surface area (Å²) in [7, 11) is 1.64. The third-order valence-electron chi connectivity index (χ3n) is 3.27. The maximum absolute atomic E-state index is 11.0. The van der Waals surface area contributed by atoms with Gasteiger partial charge in [0.1, 0.15) is 5.75 Å². The Morgan fingerprint density at radius 3 is 2.53 bits per heavy atom. The van der Waals surface area contributed by atoms with Crippen molar-refractivity contribution in [3.8, 4) is 5.75 Å². The first-order valence-corrected chi connectivity index (χ1v) is 6.33. The van der Waals surface area contributed by atoms with Gasteiger partial charge in [-0.05, 0) is 39.9 Å². The fourth-order valence-corrected chi connectivity index (χ4v) is 2.32. The van der Waals surface area contributed by atoms with Crippen LogP contribution in [0.1, 0.15) is 30.9 Å². The molecule has 0 radical (unpaired) electrons. The van der Waals surface area contributed by atoms with Crippen LogP contribution in [-0.4, -0.2) is 18.2 Å². The normalized spacial score (nSPS) is 10.9. The molecule has 0 atom stereocenters. The van der Waals surface area contributed by atoms with Crippen molar-refractivity contribution in [3.63, 3.8) is 0 Å². The van der Waals surface area contributed by atoms with Gasteiger partial charge in [-0.15, -0.1) is 0 Å². The van der Waals surface area contributed by atoms with E-state index in [4.69, 9.17) is 9.84 Å². The van der Waals surface area contributed by atoms with E-state index in [0.717, 1.165) is 27.6 Å². The molecule has 2 rings (SSSR count). The number of fused-ring (bicyclic) bond motifs is 1. The SMILES string of the molecule is COc1ccc2cc(CC(=O)O)c(C(C)C)cc2c1. The zero-order chi connectivity index (χ0) is 14.0. The van der Waals surface area contributed by atoms with E-state index in [2.05, 4.69) is 19.9 Å². The average molecular weight is 258 g/mol. The molecule has 0 saturated heterocycles. The van der Waals surface area contributed by atoms with Crippen LogP contribution in [0.5, 0.6) is 5.75 Å². The zero-order valence-corrected chi connectivity index (χ0v) is 11.4. The van der Waals surface area contributed by atoms with Gasteiger partial charge in [0, 0.05) is 0 Å². The largest absolute Gasteiger partial charge is 0.497 e. The topological polar surface area (TPSA) is 46.5 Å². The Bertz CT molecular complexity index is 615. The van der Waals surface area contributed by atoms with Crippen LogP contribution < -0.4 is 4.74 Å². The van der Waals surface area contributed by atoms with E-state index in [-0.39, 0.29) is 6.42 Å². The predicted molar refractivity (Wildman–Crippen MR) is 75.9 cm³/mol. The molecule has 0 aliphatic heterocycles. The highest BCUT2D eigenvalue weighted by molar-refractivity contribution is 5.86. The van der Waals surface area contributed by atoms with Gasteiger partial charge < -0.3 is 9.84 Å². The number of carboxylic acids is 1. The molecule has 0 heterocycles. The summed E-state index contributed by atoms with van der Waals surface area (Å²) < 4.78 is 5.22. The Kier molecular flexibility index (Phi) is 3.74. The van der Waals surface area contributed by atoms with Gasteiger partial charge in [-0.3, -0.25) is 4.79 Å². The van der Waals surface area contributed by atoms with Gasteiger partial charge in [0.2, 0.25) is 0 Å². The van der Waals surface area contributed by atoms with Gasteiger partial charge in [0.15, 0.2) is 0 Å². The van der Waals surface area contributed by atoms with Crippen molar-refractivity contribution in [2.75, 3.05) is 7.11 Å². The molecule has 0 spiro atoms. The summed E-state index contributed by atoms with van der Waals surface area (Å²) in [6.07, 6.45) is 0.0650. The Morgan fingerprint density at radius 2 is 1.95 bits per heavy atom. The number of hydrogen-bond acceptors (Lipinski definition) is 2. The van der Waals surface area contributed by atoms with E-state index in [9.17, 15) is 4.79 Å². The van der Waals surface area contributed by atoms with E-state index in [0.29, 0.717) is 5.92 Å². The molecule has 0 unspecified atom stereocenters. The Labute approximate surface area is 112 Å². The third-order valence-corrected chi connectivity index (χ3v) is 3.27. The second-order valence-corrected chi connectivity index (χ2v) is 4.99. The highest BCUT2D eigenvalue weighted by atomic mass is 16.5. The lowest BCUT2D eigenvalue weighted by atomic mass is 9.92. The maximum Gasteiger partial charge on any atom is 0.307 e. The second kappa shape index (κ2) is 5.31. The molecule has 3 nitrogen and oxygen atoms in total. The predicted octanol–water partition coefficient (Wildman–Crippen LogP) is 3.60. The number of aliphatic carboxylic acids is 1. The summed E-state index contributed by atoms with van der Waals surface area (Å²) in [5.74, 6) is 0.313. The van der Waals surface area contributed by atoms with Gasteiger partial charge in [-0.2, -0.15) is 0 Å². The van der Waals surface area contributed by atoms with Crippen molar-refractivity contribution < 1.29 is 14.6 Å². The van der Waals surface area contributed by atoms with E-state index in [1.165, 1.54) is 0 Å². The quantitative estimate of drug-likeness (QED) is 0.911. The van der Waals surface area contributed by atoms with Crippen LogP contribution in [0.3, 0.4) is 0 Å². The minimum absolute atomic E-state index is 0.0650. The van der Waals surface area contributed by atoms with Gasteiger partial charge in [-0.25, -0.2) is 0 Å². The van der Waals surface area contributed by atoms with Crippen LogP contribution in [0.15, 0.2) is 30.3 Å². The van der Waals surface area contributed by atoms with Gasteiger partial charge in [-0.1, -0.05) is 32.0 Å². The molecule has 100 valence electrons. The summed E-state index contributed by atoms with van der Waals surface area (Å²) >= 11 is 0. The van der Waals surface area contributed by atoms with Crippen molar-refractivity contribution in [1.82, 2.24) is 0 Å². The lowest BCUT2D eigenvalue weighted by molar-refractivity contribution is -0.136. The van der Waals surface area contributed by atoms with Crippen molar-refractivity contribution >= 4 is 16.7 Å². The van der Waals surface area contributed by atoms with Crippen molar-refractivity contribution in [2.24, 2.45) is 0 Å². The van der Waals surface area contributed by atoms with Crippen LogP contribution >= 0.6 is 0 Å². The monoisotopic (exact) mass is 258 g/mol. The third kappa shape index (κ3) is 2.87. The lowest BCUT2D eigenvalue weighted by Crippen LogP contribution is -2.05. The Hall–Kier alpha value is -2.03. The molecular formula is C16H18O3. The average Bonchev–Trinajstić information content (AvgIpc) is 2.36. The molecule has 0 aliphatic carbocycles. The van der Waals surface area contributed by atoms with Crippen LogP contribution in [0, 0.1) is 0 Å².